The summed E-state index contributed by atoms with van der Waals surface area (Å²) >= 11 is 0. The predicted octanol–water partition coefficient (Wildman–Crippen LogP) is 2.01. The monoisotopic (exact) mass is 280 g/mol. The van der Waals surface area contributed by atoms with E-state index in [4.69, 9.17) is 14.2 Å². The summed E-state index contributed by atoms with van der Waals surface area (Å²) in [5.41, 5.74) is -0.408. The quantitative estimate of drug-likeness (QED) is 0.836. The second-order valence-electron chi connectivity index (χ2n) is 4.94. The maximum atomic E-state index is 11.4. The van der Waals surface area contributed by atoms with Crippen molar-refractivity contribution >= 4 is 5.97 Å². The fourth-order valence-corrected chi connectivity index (χ4v) is 2.10. The van der Waals surface area contributed by atoms with Gasteiger partial charge in [-0.25, -0.2) is 0 Å². The zero-order valence-corrected chi connectivity index (χ0v) is 11.8. The minimum Gasteiger partial charge on any atom is -0.486 e. The van der Waals surface area contributed by atoms with E-state index in [0.29, 0.717) is 43.3 Å². The van der Waals surface area contributed by atoms with Crippen LogP contribution in [0.5, 0.6) is 11.5 Å². The van der Waals surface area contributed by atoms with Crippen molar-refractivity contribution in [1.29, 1.82) is 0 Å². The SMILES string of the molecule is CCOC(=O)CCC(C)(O)c1ccc2c(c1)OCCO2. The first-order chi connectivity index (χ1) is 9.53. The maximum Gasteiger partial charge on any atom is 0.305 e. The van der Waals surface area contributed by atoms with Crippen molar-refractivity contribution in [2.75, 3.05) is 19.8 Å². The van der Waals surface area contributed by atoms with Gasteiger partial charge in [-0.15, -0.1) is 0 Å². The van der Waals surface area contributed by atoms with Crippen LogP contribution in [0, 0.1) is 0 Å². The molecule has 5 heteroatoms. The molecule has 0 fully saturated rings. The van der Waals surface area contributed by atoms with Gasteiger partial charge >= 0.3 is 5.97 Å². The molecule has 1 unspecified atom stereocenters. The molecule has 20 heavy (non-hydrogen) atoms. The molecule has 5 nitrogen and oxygen atoms in total. The first-order valence-corrected chi connectivity index (χ1v) is 6.81. The van der Waals surface area contributed by atoms with E-state index in [2.05, 4.69) is 0 Å². The van der Waals surface area contributed by atoms with Gasteiger partial charge in [0.15, 0.2) is 11.5 Å². The standard InChI is InChI=1S/C15H20O5/c1-3-18-14(16)6-7-15(2,17)11-4-5-12-13(10-11)20-9-8-19-12/h4-5,10,17H,3,6-9H2,1-2H3. The van der Waals surface area contributed by atoms with E-state index in [9.17, 15) is 9.90 Å². The molecule has 1 aromatic carbocycles. The first-order valence-electron chi connectivity index (χ1n) is 6.81. The Kier molecular flexibility index (Phi) is 4.49. The Morgan fingerprint density at radius 1 is 1.35 bits per heavy atom. The van der Waals surface area contributed by atoms with E-state index >= 15 is 0 Å². The lowest BCUT2D eigenvalue weighted by atomic mass is 9.91. The highest BCUT2D eigenvalue weighted by atomic mass is 16.6. The van der Waals surface area contributed by atoms with E-state index < -0.39 is 5.60 Å². The van der Waals surface area contributed by atoms with Crippen molar-refractivity contribution in [1.82, 2.24) is 0 Å². The molecule has 0 spiro atoms. The van der Waals surface area contributed by atoms with Gasteiger partial charge in [0.2, 0.25) is 0 Å². The smallest absolute Gasteiger partial charge is 0.305 e. The van der Waals surface area contributed by atoms with Crippen LogP contribution in [-0.2, 0) is 15.1 Å². The maximum absolute atomic E-state index is 11.4. The molecule has 1 N–H and O–H groups in total. The molecule has 0 amide bonds. The third kappa shape index (κ3) is 3.42. The molecule has 0 radical (unpaired) electrons. The highest BCUT2D eigenvalue weighted by Gasteiger charge is 2.26. The summed E-state index contributed by atoms with van der Waals surface area (Å²) in [6.07, 6.45) is 0.473. The molecule has 0 saturated heterocycles. The van der Waals surface area contributed by atoms with Gasteiger partial charge in [0, 0.05) is 6.42 Å². The van der Waals surface area contributed by atoms with Crippen LogP contribution in [0.15, 0.2) is 18.2 Å². The molecule has 0 saturated carbocycles. The van der Waals surface area contributed by atoms with E-state index in [0.717, 1.165) is 0 Å². The number of fused-ring (bicyclic) bond motifs is 1. The number of hydrogen-bond acceptors (Lipinski definition) is 5. The van der Waals surface area contributed by atoms with Crippen molar-refractivity contribution < 1.29 is 24.1 Å². The molecular weight excluding hydrogens is 260 g/mol. The fourth-order valence-electron chi connectivity index (χ4n) is 2.10. The van der Waals surface area contributed by atoms with E-state index in [1.165, 1.54) is 0 Å². The topological polar surface area (TPSA) is 65.0 Å². The zero-order valence-electron chi connectivity index (χ0n) is 11.8. The van der Waals surface area contributed by atoms with Crippen LogP contribution in [0.3, 0.4) is 0 Å². The summed E-state index contributed by atoms with van der Waals surface area (Å²) in [5.74, 6) is 1.01. The normalized spacial score (nSPS) is 16.4. The lowest BCUT2D eigenvalue weighted by Gasteiger charge is -2.26. The average molecular weight is 280 g/mol. The molecule has 1 heterocycles. The summed E-state index contributed by atoms with van der Waals surface area (Å²) < 4.78 is 15.8. The molecule has 0 aliphatic carbocycles. The highest BCUT2D eigenvalue weighted by molar-refractivity contribution is 5.69. The van der Waals surface area contributed by atoms with E-state index in [1.54, 1.807) is 32.0 Å². The Labute approximate surface area is 118 Å². The van der Waals surface area contributed by atoms with Crippen molar-refractivity contribution in [2.45, 2.75) is 32.3 Å². The number of hydrogen-bond donors (Lipinski definition) is 1. The van der Waals surface area contributed by atoms with Crippen LogP contribution in [0.25, 0.3) is 0 Å². The van der Waals surface area contributed by atoms with Crippen LogP contribution in [0.1, 0.15) is 32.3 Å². The Morgan fingerprint density at radius 2 is 2.05 bits per heavy atom. The molecular formula is C15H20O5. The minimum atomic E-state index is -1.11. The number of aliphatic hydroxyl groups is 1. The lowest BCUT2D eigenvalue weighted by molar-refractivity contribution is -0.144. The number of ether oxygens (including phenoxy) is 3. The van der Waals surface area contributed by atoms with Crippen LogP contribution in [-0.4, -0.2) is 30.9 Å². The fraction of sp³-hybridized carbons (Fsp3) is 0.533. The predicted molar refractivity (Wildman–Crippen MR) is 72.9 cm³/mol. The molecule has 2 rings (SSSR count). The van der Waals surface area contributed by atoms with Gasteiger partial charge in [0.1, 0.15) is 13.2 Å². The average Bonchev–Trinajstić information content (AvgIpc) is 2.45. The van der Waals surface area contributed by atoms with Gasteiger partial charge < -0.3 is 19.3 Å². The number of benzene rings is 1. The van der Waals surface area contributed by atoms with Crippen molar-refractivity contribution in [3.05, 3.63) is 23.8 Å². The third-order valence-electron chi connectivity index (χ3n) is 3.29. The molecule has 110 valence electrons. The molecule has 1 aliphatic rings. The lowest BCUT2D eigenvalue weighted by Crippen LogP contribution is -2.24. The number of carbonyl (C=O) groups excluding carboxylic acids is 1. The van der Waals surface area contributed by atoms with Gasteiger partial charge in [-0.3, -0.25) is 4.79 Å². The van der Waals surface area contributed by atoms with Crippen LogP contribution in [0.2, 0.25) is 0 Å². The van der Waals surface area contributed by atoms with E-state index in [1.807, 2.05) is 0 Å². The highest BCUT2D eigenvalue weighted by Crippen LogP contribution is 2.35. The zero-order chi connectivity index (χ0) is 14.6. The van der Waals surface area contributed by atoms with Gasteiger partial charge in [0.05, 0.1) is 12.2 Å². The molecule has 0 bridgehead atoms. The van der Waals surface area contributed by atoms with Gasteiger partial charge in [-0.2, -0.15) is 0 Å². The minimum absolute atomic E-state index is 0.176. The van der Waals surface area contributed by atoms with Crippen LogP contribution >= 0.6 is 0 Å². The largest absolute Gasteiger partial charge is 0.486 e. The third-order valence-corrected chi connectivity index (χ3v) is 3.29. The number of carbonyl (C=O) groups is 1. The molecule has 1 atom stereocenters. The van der Waals surface area contributed by atoms with Crippen molar-refractivity contribution in [2.24, 2.45) is 0 Å². The summed E-state index contributed by atoms with van der Waals surface area (Å²) in [6.45, 7) is 4.83. The summed E-state index contributed by atoms with van der Waals surface area (Å²) in [5, 5.41) is 10.5. The van der Waals surface area contributed by atoms with Crippen LogP contribution < -0.4 is 9.47 Å². The van der Waals surface area contributed by atoms with Crippen molar-refractivity contribution in [3.63, 3.8) is 0 Å². The van der Waals surface area contributed by atoms with Gasteiger partial charge in [-0.05, 0) is 38.0 Å². The molecule has 0 aromatic heterocycles. The second kappa shape index (κ2) is 6.13. The Hall–Kier alpha value is -1.75. The Balaban J connectivity index is 2.06. The summed E-state index contributed by atoms with van der Waals surface area (Å²) in [6, 6.07) is 5.33. The Bertz CT molecular complexity index is 481. The van der Waals surface area contributed by atoms with Gasteiger partial charge in [-0.1, -0.05) is 6.07 Å². The van der Waals surface area contributed by atoms with Gasteiger partial charge in [0.25, 0.3) is 0 Å². The number of esters is 1. The van der Waals surface area contributed by atoms with E-state index in [-0.39, 0.29) is 12.4 Å². The molecule has 1 aliphatic heterocycles. The molecule has 1 aromatic rings. The first kappa shape index (κ1) is 14.7. The second-order valence-corrected chi connectivity index (χ2v) is 4.94. The van der Waals surface area contributed by atoms with Crippen LogP contribution in [0.4, 0.5) is 0 Å². The Morgan fingerprint density at radius 3 is 2.75 bits per heavy atom. The summed E-state index contributed by atoms with van der Waals surface area (Å²) in [7, 11) is 0. The number of rotatable bonds is 5. The van der Waals surface area contributed by atoms with Crippen molar-refractivity contribution in [3.8, 4) is 11.5 Å². The summed E-state index contributed by atoms with van der Waals surface area (Å²) in [4.78, 5) is 11.4.